The van der Waals surface area contributed by atoms with E-state index in [2.05, 4.69) is 11.8 Å². The minimum absolute atomic E-state index is 0.297. The molecule has 1 saturated heterocycles. The summed E-state index contributed by atoms with van der Waals surface area (Å²) < 4.78 is 19.0. The fraction of sp³-hybridized carbons (Fsp3) is 0.400. The highest BCUT2D eigenvalue weighted by molar-refractivity contribution is 5.85. The Bertz CT molecular complexity index is 516. The Kier molecular flexibility index (Phi) is 4.87. The van der Waals surface area contributed by atoms with Gasteiger partial charge in [-0.15, -0.1) is 0 Å². The Hall–Kier alpha value is -1.72. The Labute approximate surface area is 117 Å². The summed E-state index contributed by atoms with van der Waals surface area (Å²) in [5.74, 6) is -1.50. The van der Waals surface area contributed by atoms with Gasteiger partial charge in [0, 0.05) is 30.8 Å². The van der Waals surface area contributed by atoms with Crippen LogP contribution in [0.3, 0.4) is 0 Å². The van der Waals surface area contributed by atoms with Crippen molar-refractivity contribution in [3.63, 3.8) is 0 Å². The molecular weight excluding hydrogens is 261 g/mol. The number of rotatable bonds is 4. The van der Waals surface area contributed by atoms with E-state index in [-0.39, 0.29) is 0 Å². The quantitative estimate of drug-likeness (QED) is 0.858. The highest BCUT2D eigenvalue weighted by Crippen LogP contribution is 2.16. The molecule has 0 aliphatic carbocycles. The molecule has 108 valence electrons. The maximum absolute atomic E-state index is 13.6. The molecule has 1 aromatic rings. The summed E-state index contributed by atoms with van der Waals surface area (Å²) in [6, 6.07) is 5.13. The van der Waals surface area contributed by atoms with E-state index in [0.29, 0.717) is 31.4 Å². The standard InChI is InChI=1S/C15H18FNO3/c1-11-10-20-7-6-17(11)9-12-2-4-14(16)13(8-12)3-5-15(18)19/h2-5,8,11H,6-7,9-10H2,1H3,(H,18,19). The number of carboxylic acid groups (broad SMARTS) is 1. The number of aliphatic carboxylic acids is 1. The molecule has 1 unspecified atom stereocenters. The first-order valence-corrected chi connectivity index (χ1v) is 6.57. The summed E-state index contributed by atoms with van der Waals surface area (Å²) in [6.45, 7) is 5.05. The van der Waals surface area contributed by atoms with Crippen LogP contribution in [-0.2, 0) is 16.1 Å². The van der Waals surface area contributed by atoms with E-state index >= 15 is 0 Å². The van der Waals surface area contributed by atoms with Gasteiger partial charge in [-0.05, 0) is 30.7 Å². The van der Waals surface area contributed by atoms with E-state index in [9.17, 15) is 9.18 Å². The predicted molar refractivity (Wildman–Crippen MR) is 73.8 cm³/mol. The molecule has 0 saturated carbocycles. The van der Waals surface area contributed by atoms with E-state index in [1.807, 2.05) is 0 Å². The van der Waals surface area contributed by atoms with Crippen LogP contribution < -0.4 is 0 Å². The van der Waals surface area contributed by atoms with Crippen molar-refractivity contribution in [3.05, 3.63) is 41.2 Å². The summed E-state index contributed by atoms with van der Waals surface area (Å²) in [7, 11) is 0. The number of hydrogen-bond donors (Lipinski definition) is 1. The number of benzene rings is 1. The van der Waals surface area contributed by atoms with Crippen molar-refractivity contribution in [3.8, 4) is 0 Å². The van der Waals surface area contributed by atoms with Gasteiger partial charge in [-0.25, -0.2) is 9.18 Å². The van der Waals surface area contributed by atoms with Crippen molar-refractivity contribution >= 4 is 12.0 Å². The summed E-state index contributed by atoms with van der Waals surface area (Å²) >= 11 is 0. The molecule has 1 aliphatic heterocycles. The normalized spacial score (nSPS) is 20.4. The van der Waals surface area contributed by atoms with Crippen molar-refractivity contribution in [1.29, 1.82) is 0 Å². The van der Waals surface area contributed by atoms with Crippen molar-refractivity contribution in [1.82, 2.24) is 4.90 Å². The number of halogens is 1. The molecule has 2 rings (SSSR count). The first kappa shape index (κ1) is 14.7. The van der Waals surface area contributed by atoms with Gasteiger partial charge in [-0.3, -0.25) is 4.90 Å². The Morgan fingerprint density at radius 1 is 1.60 bits per heavy atom. The van der Waals surface area contributed by atoms with Crippen LogP contribution in [0.25, 0.3) is 6.08 Å². The van der Waals surface area contributed by atoms with Gasteiger partial charge >= 0.3 is 5.97 Å². The smallest absolute Gasteiger partial charge is 0.328 e. The average Bonchev–Trinajstić information content (AvgIpc) is 2.42. The van der Waals surface area contributed by atoms with Crippen LogP contribution >= 0.6 is 0 Å². The van der Waals surface area contributed by atoms with Crippen LogP contribution in [0, 0.1) is 5.82 Å². The van der Waals surface area contributed by atoms with Crippen molar-refractivity contribution in [2.24, 2.45) is 0 Å². The number of ether oxygens (including phenoxy) is 1. The van der Waals surface area contributed by atoms with E-state index < -0.39 is 11.8 Å². The van der Waals surface area contributed by atoms with Crippen molar-refractivity contribution in [2.75, 3.05) is 19.8 Å². The molecule has 1 atom stereocenters. The van der Waals surface area contributed by atoms with Crippen molar-refractivity contribution < 1.29 is 19.0 Å². The zero-order valence-corrected chi connectivity index (χ0v) is 11.4. The summed E-state index contributed by atoms with van der Waals surface area (Å²) in [4.78, 5) is 12.8. The molecule has 0 spiro atoms. The lowest BCUT2D eigenvalue weighted by atomic mass is 10.1. The summed E-state index contributed by atoms with van der Waals surface area (Å²) in [5.41, 5.74) is 1.26. The van der Waals surface area contributed by atoms with Crippen LogP contribution in [0.5, 0.6) is 0 Å². The topological polar surface area (TPSA) is 49.8 Å². The number of morpholine rings is 1. The molecule has 4 nitrogen and oxygen atoms in total. The fourth-order valence-electron chi connectivity index (χ4n) is 2.21. The molecule has 20 heavy (non-hydrogen) atoms. The van der Waals surface area contributed by atoms with Gasteiger partial charge in [-0.2, -0.15) is 0 Å². The van der Waals surface area contributed by atoms with E-state index in [0.717, 1.165) is 18.2 Å². The molecule has 0 amide bonds. The lowest BCUT2D eigenvalue weighted by Crippen LogP contribution is -2.42. The van der Waals surface area contributed by atoms with Gasteiger partial charge in [0.25, 0.3) is 0 Å². The molecular formula is C15H18FNO3. The van der Waals surface area contributed by atoms with Crippen LogP contribution in [0.1, 0.15) is 18.1 Å². The van der Waals surface area contributed by atoms with Crippen LogP contribution in [0.4, 0.5) is 4.39 Å². The summed E-state index contributed by atoms with van der Waals surface area (Å²) in [6.07, 6.45) is 2.23. The lowest BCUT2D eigenvalue weighted by molar-refractivity contribution is -0.131. The third kappa shape index (κ3) is 3.88. The van der Waals surface area contributed by atoms with Gasteiger partial charge in [0.15, 0.2) is 0 Å². The summed E-state index contributed by atoms with van der Waals surface area (Å²) in [5, 5.41) is 8.60. The molecule has 1 N–H and O–H groups in total. The van der Waals surface area contributed by atoms with Crippen LogP contribution in [-0.4, -0.2) is 41.8 Å². The van der Waals surface area contributed by atoms with E-state index in [4.69, 9.17) is 9.84 Å². The molecule has 0 aromatic heterocycles. The second kappa shape index (κ2) is 6.63. The Morgan fingerprint density at radius 3 is 3.10 bits per heavy atom. The molecule has 0 bridgehead atoms. The molecule has 1 aromatic carbocycles. The predicted octanol–water partition coefficient (Wildman–Crippen LogP) is 2.14. The number of hydrogen-bond acceptors (Lipinski definition) is 3. The largest absolute Gasteiger partial charge is 0.478 e. The van der Waals surface area contributed by atoms with Gasteiger partial charge in [0.1, 0.15) is 5.82 Å². The number of carbonyl (C=O) groups is 1. The minimum atomic E-state index is -1.09. The van der Waals surface area contributed by atoms with Crippen LogP contribution in [0.2, 0.25) is 0 Å². The third-order valence-electron chi connectivity index (χ3n) is 3.36. The average molecular weight is 279 g/mol. The minimum Gasteiger partial charge on any atom is -0.478 e. The molecule has 1 aliphatic rings. The lowest BCUT2D eigenvalue weighted by Gasteiger charge is -2.33. The Balaban J connectivity index is 2.12. The highest BCUT2D eigenvalue weighted by atomic mass is 19.1. The maximum atomic E-state index is 13.6. The second-order valence-electron chi connectivity index (χ2n) is 4.92. The fourth-order valence-corrected chi connectivity index (χ4v) is 2.21. The molecule has 0 radical (unpaired) electrons. The van der Waals surface area contributed by atoms with Gasteiger partial charge in [0.2, 0.25) is 0 Å². The van der Waals surface area contributed by atoms with Gasteiger partial charge in [0.05, 0.1) is 13.2 Å². The van der Waals surface area contributed by atoms with Crippen LogP contribution in [0.15, 0.2) is 24.3 Å². The first-order chi connectivity index (χ1) is 9.56. The molecule has 5 heteroatoms. The van der Waals surface area contributed by atoms with Crippen molar-refractivity contribution in [2.45, 2.75) is 19.5 Å². The zero-order valence-electron chi connectivity index (χ0n) is 11.4. The first-order valence-electron chi connectivity index (χ1n) is 6.57. The Morgan fingerprint density at radius 2 is 2.40 bits per heavy atom. The highest BCUT2D eigenvalue weighted by Gasteiger charge is 2.18. The van der Waals surface area contributed by atoms with Gasteiger partial charge in [-0.1, -0.05) is 6.07 Å². The zero-order chi connectivity index (χ0) is 14.5. The maximum Gasteiger partial charge on any atom is 0.328 e. The third-order valence-corrected chi connectivity index (χ3v) is 3.36. The number of carboxylic acids is 1. The van der Waals surface area contributed by atoms with E-state index in [1.165, 1.54) is 12.1 Å². The monoisotopic (exact) mass is 279 g/mol. The SMILES string of the molecule is CC1COCCN1Cc1ccc(F)c(C=CC(=O)O)c1. The second-order valence-corrected chi connectivity index (χ2v) is 4.92. The number of nitrogens with zero attached hydrogens (tertiary/aromatic N) is 1. The molecule has 1 heterocycles. The molecule has 1 fully saturated rings. The van der Waals surface area contributed by atoms with Gasteiger partial charge < -0.3 is 9.84 Å². The van der Waals surface area contributed by atoms with E-state index in [1.54, 1.807) is 12.1 Å².